The highest BCUT2D eigenvalue weighted by atomic mass is 16.7. The van der Waals surface area contributed by atoms with E-state index in [0.29, 0.717) is 11.8 Å². The summed E-state index contributed by atoms with van der Waals surface area (Å²) in [5.41, 5.74) is -0.442. The Hall–Kier alpha value is -2.15. The highest BCUT2D eigenvalue weighted by molar-refractivity contribution is 5.87. The van der Waals surface area contributed by atoms with Gasteiger partial charge in [0, 0.05) is 11.6 Å². The van der Waals surface area contributed by atoms with Gasteiger partial charge in [-0.2, -0.15) is 0 Å². The summed E-state index contributed by atoms with van der Waals surface area (Å²) in [7, 11) is 0. The van der Waals surface area contributed by atoms with E-state index in [-0.39, 0.29) is 23.1 Å². The summed E-state index contributed by atoms with van der Waals surface area (Å²) in [5.74, 6) is 1.24. The highest BCUT2D eigenvalue weighted by Gasteiger charge is 2.49. The van der Waals surface area contributed by atoms with Gasteiger partial charge in [-0.05, 0) is 74.8 Å². The van der Waals surface area contributed by atoms with Crippen molar-refractivity contribution in [3.63, 3.8) is 0 Å². The van der Waals surface area contributed by atoms with Crippen LogP contribution in [0.2, 0.25) is 0 Å². The summed E-state index contributed by atoms with van der Waals surface area (Å²) >= 11 is 0. The Morgan fingerprint density at radius 3 is 2.31 bits per heavy atom. The average molecular weight is 360 g/mol. The van der Waals surface area contributed by atoms with Crippen molar-refractivity contribution in [1.82, 2.24) is 0 Å². The van der Waals surface area contributed by atoms with Crippen LogP contribution < -0.4 is 9.84 Å². The molecule has 4 aliphatic carbocycles. The van der Waals surface area contributed by atoms with Crippen LogP contribution in [0.5, 0.6) is 5.75 Å². The fourth-order valence-electron chi connectivity index (χ4n) is 5.41. The molecule has 4 bridgehead atoms. The van der Waals surface area contributed by atoms with Gasteiger partial charge in [-0.3, -0.25) is 10.1 Å². The number of nitrogens with zero attached hydrogens (tertiary/aromatic N) is 1. The van der Waals surface area contributed by atoms with Crippen LogP contribution >= 0.6 is 0 Å². The third-order valence-corrected chi connectivity index (χ3v) is 6.17. The summed E-state index contributed by atoms with van der Waals surface area (Å²) in [6, 6.07) is 3.39. The number of hydrogen-bond donors (Lipinski definition) is 0. The fourth-order valence-corrected chi connectivity index (χ4v) is 5.41. The van der Waals surface area contributed by atoms with Gasteiger partial charge in [0.05, 0.1) is 17.0 Å². The maximum Gasteiger partial charge on any atom is 0.311 e. The Morgan fingerprint density at radius 1 is 1.15 bits per heavy atom. The molecular weight excluding hydrogens is 338 g/mol. The first kappa shape index (κ1) is 17.3. The number of carbonyl (C=O) groups excluding carboxylic acids is 1. The Morgan fingerprint density at radius 2 is 1.77 bits per heavy atom. The van der Waals surface area contributed by atoms with Gasteiger partial charge in [0.25, 0.3) is 0 Å². The van der Waals surface area contributed by atoms with Gasteiger partial charge in [0.1, 0.15) is 0 Å². The zero-order chi connectivity index (χ0) is 18.4. The van der Waals surface area contributed by atoms with Crippen LogP contribution in [0.25, 0.3) is 0 Å². The third-order valence-electron chi connectivity index (χ3n) is 6.17. The predicted octanol–water partition coefficient (Wildman–Crippen LogP) is 2.52. The Bertz CT molecular complexity index is 705. The lowest BCUT2D eigenvalue weighted by Crippen LogP contribution is -2.50. The summed E-state index contributed by atoms with van der Waals surface area (Å²) < 4.78 is 11.8. The molecule has 4 fully saturated rings. The Labute approximate surface area is 151 Å². The molecule has 7 nitrogen and oxygen atoms in total. The van der Waals surface area contributed by atoms with Gasteiger partial charge < -0.3 is 19.4 Å². The van der Waals surface area contributed by atoms with Crippen LogP contribution in [0.4, 0.5) is 5.69 Å². The van der Waals surface area contributed by atoms with Gasteiger partial charge in [0.2, 0.25) is 5.75 Å². The largest absolute Gasteiger partial charge is 0.545 e. The van der Waals surface area contributed by atoms with Crippen molar-refractivity contribution >= 4 is 11.7 Å². The van der Waals surface area contributed by atoms with Crippen molar-refractivity contribution in [1.29, 1.82) is 0 Å². The quantitative estimate of drug-likeness (QED) is 0.439. The van der Waals surface area contributed by atoms with Crippen molar-refractivity contribution in [2.45, 2.75) is 51.4 Å². The summed E-state index contributed by atoms with van der Waals surface area (Å²) in [6.07, 6.45) is 5.59. The second-order valence-corrected chi connectivity index (χ2v) is 7.94. The maximum atomic E-state index is 11.2. The molecule has 1 atom stereocenters. The zero-order valence-electron chi connectivity index (χ0n) is 14.6. The molecule has 0 heterocycles. The topological polar surface area (TPSA) is 102 Å². The Balaban J connectivity index is 1.48. The van der Waals surface area contributed by atoms with Gasteiger partial charge in [-0.15, -0.1) is 0 Å². The third kappa shape index (κ3) is 3.16. The minimum Gasteiger partial charge on any atom is -0.545 e. The van der Waals surface area contributed by atoms with Crippen molar-refractivity contribution in [3.8, 4) is 5.75 Å². The molecule has 4 saturated carbocycles. The minimum absolute atomic E-state index is 0.104. The predicted molar refractivity (Wildman–Crippen MR) is 89.4 cm³/mol. The number of ether oxygens (including phenoxy) is 2. The van der Waals surface area contributed by atoms with Gasteiger partial charge >= 0.3 is 5.69 Å². The summed E-state index contributed by atoms with van der Waals surface area (Å²) in [5, 5.41) is 22.2. The molecular formula is C19H22NO6-. The van der Waals surface area contributed by atoms with Crippen LogP contribution in [0.1, 0.15) is 49.4 Å². The fraction of sp³-hybridized carbons (Fsp3) is 0.632. The molecule has 1 aromatic rings. The monoisotopic (exact) mass is 360 g/mol. The molecule has 0 N–H and O–H groups in total. The lowest BCUT2D eigenvalue weighted by Gasteiger charge is -2.54. The van der Waals surface area contributed by atoms with Crippen LogP contribution in [-0.2, 0) is 4.74 Å². The molecule has 7 heteroatoms. The summed E-state index contributed by atoms with van der Waals surface area (Å²) in [6.45, 7) is 1.71. The van der Waals surface area contributed by atoms with E-state index in [9.17, 15) is 20.0 Å². The van der Waals surface area contributed by atoms with Gasteiger partial charge in [-0.1, -0.05) is 0 Å². The van der Waals surface area contributed by atoms with Crippen LogP contribution in [0, 0.1) is 33.8 Å². The van der Waals surface area contributed by atoms with E-state index in [1.807, 2.05) is 0 Å². The van der Waals surface area contributed by atoms with Crippen molar-refractivity contribution < 1.29 is 24.3 Å². The number of aromatic carboxylic acids is 1. The number of carboxylic acid groups (broad SMARTS) is 1. The number of rotatable bonds is 6. The molecule has 1 unspecified atom stereocenters. The van der Waals surface area contributed by atoms with Crippen LogP contribution in [-0.4, -0.2) is 23.3 Å². The summed E-state index contributed by atoms with van der Waals surface area (Å²) in [4.78, 5) is 21.6. The average Bonchev–Trinajstić information content (AvgIpc) is 2.57. The first-order valence-corrected chi connectivity index (χ1v) is 9.22. The van der Waals surface area contributed by atoms with Crippen LogP contribution in [0.15, 0.2) is 18.2 Å². The van der Waals surface area contributed by atoms with Crippen molar-refractivity contribution in [3.05, 3.63) is 33.9 Å². The van der Waals surface area contributed by atoms with E-state index in [4.69, 9.17) is 9.47 Å². The normalized spacial score (nSPS) is 33.0. The smallest absolute Gasteiger partial charge is 0.311 e. The molecule has 5 rings (SSSR count). The number of nitro benzene ring substituents is 1. The molecule has 0 aliphatic heterocycles. The lowest BCUT2D eigenvalue weighted by molar-refractivity contribution is -0.386. The highest BCUT2D eigenvalue weighted by Crippen LogP contribution is 2.54. The number of carbonyl (C=O) groups is 1. The standard InChI is InChI=1S/C19H23NO6/c1-10(25-17-9-13(19(21)22)2-3-16(17)20(23)24)26-18-14-5-11-4-12(7-14)8-15(18)6-11/h2-3,9-12,14-15,18H,4-8H2,1H3,(H,21,22)/p-1. The second-order valence-electron chi connectivity index (χ2n) is 7.94. The van der Waals surface area contributed by atoms with E-state index in [1.165, 1.54) is 32.1 Å². The lowest BCUT2D eigenvalue weighted by atomic mass is 9.55. The van der Waals surface area contributed by atoms with E-state index in [0.717, 1.165) is 30.0 Å². The first-order valence-electron chi connectivity index (χ1n) is 9.22. The second kappa shape index (κ2) is 6.54. The molecule has 0 saturated heterocycles. The van der Waals surface area contributed by atoms with Crippen LogP contribution in [0.3, 0.4) is 0 Å². The Kier molecular flexibility index (Phi) is 4.34. The van der Waals surface area contributed by atoms with Gasteiger partial charge in [0.15, 0.2) is 6.29 Å². The number of carboxylic acids is 1. The van der Waals surface area contributed by atoms with E-state index >= 15 is 0 Å². The molecule has 140 valence electrons. The van der Waals surface area contributed by atoms with Gasteiger partial charge in [-0.25, -0.2) is 0 Å². The van der Waals surface area contributed by atoms with E-state index in [2.05, 4.69) is 0 Å². The molecule has 0 radical (unpaired) electrons. The van der Waals surface area contributed by atoms with E-state index < -0.39 is 17.2 Å². The first-order chi connectivity index (χ1) is 12.4. The van der Waals surface area contributed by atoms with Crippen molar-refractivity contribution in [2.24, 2.45) is 23.7 Å². The minimum atomic E-state index is -1.40. The number of benzene rings is 1. The van der Waals surface area contributed by atoms with Crippen molar-refractivity contribution in [2.75, 3.05) is 0 Å². The molecule has 26 heavy (non-hydrogen) atoms. The molecule has 0 aromatic heterocycles. The molecule has 0 spiro atoms. The molecule has 0 amide bonds. The SMILES string of the molecule is CC(Oc1cc(C(=O)[O-])ccc1[N+](=O)[O-])OC1C2CC3CC(C2)CC1C3. The molecule has 1 aromatic carbocycles. The number of nitro groups is 1. The maximum absolute atomic E-state index is 11.2. The van der Waals surface area contributed by atoms with E-state index in [1.54, 1.807) is 6.92 Å². The molecule has 4 aliphatic rings. The zero-order valence-corrected chi connectivity index (χ0v) is 14.6. The number of hydrogen-bond acceptors (Lipinski definition) is 6.